The monoisotopic (exact) mass is 415 g/mol. The van der Waals surface area contributed by atoms with Gasteiger partial charge in [-0.05, 0) is 87.9 Å². The molecule has 0 bridgehead atoms. The van der Waals surface area contributed by atoms with Crippen LogP contribution in [-0.4, -0.2) is 30.7 Å². The van der Waals surface area contributed by atoms with Crippen LogP contribution in [0.4, 0.5) is 0 Å². The van der Waals surface area contributed by atoms with Gasteiger partial charge in [0.15, 0.2) is 5.78 Å². The zero-order valence-electron chi connectivity index (χ0n) is 19.0. The van der Waals surface area contributed by atoms with E-state index in [-0.39, 0.29) is 17.7 Å². The number of ketones is 1. The van der Waals surface area contributed by atoms with Gasteiger partial charge in [-0.15, -0.1) is 0 Å². The maximum absolute atomic E-state index is 12.3. The van der Waals surface area contributed by atoms with Crippen LogP contribution in [0.2, 0.25) is 0 Å². The van der Waals surface area contributed by atoms with Crippen molar-refractivity contribution in [3.63, 3.8) is 0 Å². The van der Waals surface area contributed by atoms with Gasteiger partial charge >= 0.3 is 0 Å². The molecule has 3 aliphatic carbocycles. The van der Waals surface area contributed by atoms with Gasteiger partial charge in [-0.3, -0.25) is 14.6 Å². The van der Waals surface area contributed by atoms with Crippen molar-refractivity contribution in [3.8, 4) is 0 Å². The third kappa shape index (κ3) is 7.31. The summed E-state index contributed by atoms with van der Waals surface area (Å²) >= 11 is 0. The summed E-state index contributed by atoms with van der Waals surface area (Å²) in [6, 6.07) is 0. The van der Waals surface area contributed by atoms with Gasteiger partial charge in [-0.2, -0.15) is 5.10 Å². The molecule has 5 nitrogen and oxygen atoms in total. The lowest BCUT2D eigenvalue weighted by Gasteiger charge is -2.25. The minimum absolute atomic E-state index is 0.0936. The number of hydrazone groups is 1. The summed E-state index contributed by atoms with van der Waals surface area (Å²) in [5, 5.41) is 4.25. The van der Waals surface area contributed by atoms with E-state index in [9.17, 15) is 9.59 Å². The maximum Gasteiger partial charge on any atom is 0.243 e. The molecule has 0 radical (unpaired) electrons. The van der Waals surface area contributed by atoms with Crippen molar-refractivity contribution in [2.45, 2.75) is 90.9 Å². The average molecular weight is 416 g/mol. The summed E-state index contributed by atoms with van der Waals surface area (Å²) in [7, 11) is 0. The van der Waals surface area contributed by atoms with E-state index >= 15 is 0 Å². The van der Waals surface area contributed by atoms with Gasteiger partial charge in [-0.25, -0.2) is 5.43 Å². The number of hydrogen-bond acceptors (Lipinski definition) is 4. The Kier molecular flexibility index (Phi) is 9.07. The summed E-state index contributed by atoms with van der Waals surface area (Å²) in [4.78, 5) is 29.1. The van der Waals surface area contributed by atoms with E-state index in [1.165, 1.54) is 12.8 Å². The van der Waals surface area contributed by atoms with Crippen LogP contribution in [0.5, 0.6) is 0 Å². The lowest BCUT2D eigenvalue weighted by Crippen LogP contribution is -2.30. The summed E-state index contributed by atoms with van der Waals surface area (Å²) in [6.45, 7) is 4.92. The molecule has 0 atom stereocenters. The molecule has 0 heterocycles. The molecule has 0 aliphatic heterocycles. The number of rotatable bonds is 7. The van der Waals surface area contributed by atoms with Crippen molar-refractivity contribution in [3.05, 3.63) is 0 Å². The van der Waals surface area contributed by atoms with Crippen molar-refractivity contribution in [2.75, 3.05) is 6.54 Å². The normalized spacial score (nSPS) is 35.5. The molecule has 0 saturated heterocycles. The number of Topliss-reactive ketones (excluding diaryl/α,β-unsaturated/α-hetero) is 1. The molecule has 3 fully saturated rings. The Bertz CT molecular complexity index is 552. The second kappa shape index (κ2) is 11.8. The van der Waals surface area contributed by atoms with E-state index in [1.54, 1.807) is 0 Å². The molecule has 5 heteroatoms. The van der Waals surface area contributed by atoms with E-state index in [4.69, 9.17) is 0 Å². The Morgan fingerprint density at radius 1 is 0.733 bits per heavy atom. The van der Waals surface area contributed by atoms with Crippen molar-refractivity contribution >= 4 is 24.1 Å². The fourth-order valence-electron chi connectivity index (χ4n) is 5.27. The first-order valence-electron chi connectivity index (χ1n) is 12.4. The Hall–Kier alpha value is -1.52. The summed E-state index contributed by atoms with van der Waals surface area (Å²) < 4.78 is 0. The van der Waals surface area contributed by atoms with E-state index in [2.05, 4.69) is 29.4 Å². The predicted molar refractivity (Wildman–Crippen MR) is 123 cm³/mol. The summed E-state index contributed by atoms with van der Waals surface area (Å²) in [5.41, 5.74) is 2.77. The topological polar surface area (TPSA) is 70.9 Å². The largest absolute Gasteiger partial charge is 0.297 e. The van der Waals surface area contributed by atoms with Crippen LogP contribution in [0.3, 0.4) is 0 Å². The molecule has 1 N–H and O–H groups in total. The predicted octanol–water partition coefficient (Wildman–Crippen LogP) is 5.19. The molecule has 0 unspecified atom stereocenters. The standard InChI is InChI=1S/C25H41N3O2/c1-18-3-11-22(12-4-18)24(29)17-26-15-20-7-9-21(10-8-20)16-27-28-25(30)23-13-5-19(2)6-14-23/h15-16,18-23H,3-14,17H2,1-2H3,(H,28,30)/b26-15?,27-16+. The van der Waals surface area contributed by atoms with Crippen molar-refractivity contribution in [1.82, 2.24) is 5.43 Å². The molecule has 3 saturated carbocycles. The van der Waals surface area contributed by atoms with Gasteiger partial charge in [-0.1, -0.05) is 26.7 Å². The Balaban J connectivity index is 1.29. The lowest BCUT2D eigenvalue weighted by molar-refractivity contribution is -0.126. The molecular weight excluding hydrogens is 374 g/mol. The van der Waals surface area contributed by atoms with Crippen LogP contribution in [-0.2, 0) is 9.59 Å². The molecule has 0 aromatic heterocycles. The zero-order chi connectivity index (χ0) is 21.3. The fourth-order valence-corrected chi connectivity index (χ4v) is 5.27. The average Bonchev–Trinajstić information content (AvgIpc) is 2.75. The van der Waals surface area contributed by atoms with Gasteiger partial charge in [0.1, 0.15) is 0 Å². The van der Waals surface area contributed by atoms with Crippen LogP contribution < -0.4 is 5.43 Å². The quantitative estimate of drug-likeness (QED) is 0.459. The van der Waals surface area contributed by atoms with Crippen LogP contribution in [0, 0.1) is 35.5 Å². The van der Waals surface area contributed by atoms with E-state index in [0.717, 1.165) is 76.0 Å². The molecule has 168 valence electrons. The number of carbonyl (C=O) groups excluding carboxylic acids is 2. The van der Waals surface area contributed by atoms with Crippen LogP contribution in [0.1, 0.15) is 90.9 Å². The minimum Gasteiger partial charge on any atom is -0.297 e. The molecule has 1 amide bonds. The minimum atomic E-state index is 0.0936. The molecule has 3 aliphatic rings. The number of aliphatic imine (C=N–C) groups is 1. The van der Waals surface area contributed by atoms with E-state index in [1.807, 2.05) is 12.4 Å². The van der Waals surface area contributed by atoms with Crippen molar-refractivity contribution < 1.29 is 9.59 Å². The van der Waals surface area contributed by atoms with Crippen LogP contribution in [0.25, 0.3) is 0 Å². The molecular formula is C25H41N3O2. The number of nitrogens with one attached hydrogen (secondary N) is 1. The molecule has 30 heavy (non-hydrogen) atoms. The summed E-state index contributed by atoms with van der Waals surface area (Å²) in [6.07, 6.45) is 17.1. The highest BCUT2D eigenvalue weighted by atomic mass is 16.2. The Morgan fingerprint density at radius 2 is 1.23 bits per heavy atom. The Labute approximate surface area is 182 Å². The van der Waals surface area contributed by atoms with Gasteiger partial charge in [0, 0.05) is 24.3 Å². The van der Waals surface area contributed by atoms with Crippen LogP contribution >= 0.6 is 0 Å². The molecule has 3 rings (SSSR count). The first-order valence-corrected chi connectivity index (χ1v) is 12.4. The lowest BCUT2D eigenvalue weighted by atomic mass is 9.81. The van der Waals surface area contributed by atoms with Crippen molar-refractivity contribution in [2.24, 2.45) is 45.6 Å². The SMILES string of the molecule is CC1CCC(C(=O)CN=CC2CCC(/C=N/NC(=O)C3CCC(C)CC3)CC2)CC1. The van der Waals surface area contributed by atoms with Gasteiger partial charge in [0.2, 0.25) is 5.91 Å². The molecule has 0 aromatic carbocycles. The van der Waals surface area contributed by atoms with Gasteiger partial charge < -0.3 is 0 Å². The third-order valence-corrected chi connectivity index (χ3v) is 7.70. The maximum atomic E-state index is 12.3. The third-order valence-electron chi connectivity index (χ3n) is 7.70. The van der Waals surface area contributed by atoms with Gasteiger partial charge in [0.05, 0.1) is 6.54 Å². The summed E-state index contributed by atoms with van der Waals surface area (Å²) in [5.74, 6) is 3.27. The molecule has 0 aromatic rings. The highest BCUT2D eigenvalue weighted by Crippen LogP contribution is 2.30. The Morgan fingerprint density at radius 3 is 1.80 bits per heavy atom. The highest BCUT2D eigenvalue weighted by Gasteiger charge is 2.25. The van der Waals surface area contributed by atoms with Crippen LogP contribution in [0.15, 0.2) is 10.1 Å². The second-order valence-electron chi connectivity index (χ2n) is 10.3. The number of amides is 1. The van der Waals surface area contributed by atoms with E-state index in [0.29, 0.717) is 24.2 Å². The van der Waals surface area contributed by atoms with Crippen molar-refractivity contribution in [1.29, 1.82) is 0 Å². The zero-order valence-corrected chi connectivity index (χ0v) is 19.0. The smallest absolute Gasteiger partial charge is 0.243 e. The number of nitrogens with zero attached hydrogens (tertiary/aromatic N) is 2. The first-order chi connectivity index (χ1) is 14.5. The first kappa shape index (κ1) is 23.1. The highest BCUT2D eigenvalue weighted by molar-refractivity contribution is 5.84. The van der Waals surface area contributed by atoms with Gasteiger partial charge in [0.25, 0.3) is 0 Å². The number of carbonyl (C=O) groups is 2. The van der Waals surface area contributed by atoms with E-state index < -0.39 is 0 Å². The second-order valence-corrected chi connectivity index (χ2v) is 10.3. The molecule has 0 spiro atoms. The fraction of sp³-hybridized carbons (Fsp3) is 0.840. The number of hydrogen-bond donors (Lipinski definition) is 1.